The van der Waals surface area contributed by atoms with E-state index in [0.717, 1.165) is 30.0 Å². The average molecular weight is 439 g/mol. The highest BCUT2D eigenvalue weighted by Crippen LogP contribution is 2.52. The van der Waals surface area contributed by atoms with Crippen molar-refractivity contribution in [1.29, 1.82) is 0 Å². The molecule has 156 valence electrons. The Balaban J connectivity index is 1.77. The van der Waals surface area contributed by atoms with E-state index in [0.29, 0.717) is 11.3 Å². The summed E-state index contributed by atoms with van der Waals surface area (Å²) in [6.45, 7) is 0.212. The van der Waals surface area contributed by atoms with Crippen LogP contribution in [0.2, 0.25) is 0 Å². The van der Waals surface area contributed by atoms with Crippen molar-refractivity contribution in [3.05, 3.63) is 53.8 Å². The molecule has 1 saturated carbocycles. The summed E-state index contributed by atoms with van der Waals surface area (Å²) in [5.74, 6) is -0.366. The number of rotatable bonds is 4. The van der Waals surface area contributed by atoms with Gasteiger partial charge in [0.2, 0.25) is 10.0 Å². The lowest BCUT2D eigenvalue weighted by Gasteiger charge is -2.25. The van der Waals surface area contributed by atoms with E-state index in [2.05, 4.69) is 0 Å². The summed E-state index contributed by atoms with van der Waals surface area (Å²) in [5.41, 5.74) is 0.395. The molecule has 2 aromatic rings. The van der Waals surface area contributed by atoms with Crippen LogP contribution in [0.3, 0.4) is 0 Å². The fourth-order valence-corrected chi connectivity index (χ4v) is 6.95. The molecule has 1 aliphatic heterocycles. The molecule has 0 radical (unpaired) electrons. The molecule has 0 bridgehead atoms. The maximum Gasteiger partial charge on any atom is 0.264 e. The van der Waals surface area contributed by atoms with Crippen molar-refractivity contribution in [2.24, 2.45) is 0 Å². The van der Waals surface area contributed by atoms with E-state index in [1.165, 1.54) is 54.8 Å². The van der Waals surface area contributed by atoms with Gasteiger partial charge in [-0.15, -0.1) is 0 Å². The molecule has 6 nitrogen and oxygen atoms in total. The van der Waals surface area contributed by atoms with Crippen molar-refractivity contribution < 1.29 is 21.2 Å². The number of hydrogen-bond donors (Lipinski definition) is 0. The fraction of sp³-hybridized carbons (Fsp3) is 0.400. The molecule has 2 aromatic carbocycles. The molecule has 0 unspecified atom stereocenters. The van der Waals surface area contributed by atoms with Crippen LogP contribution in [0.1, 0.15) is 31.2 Å². The van der Waals surface area contributed by atoms with E-state index in [1.54, 1.807) is 6.07 Å². The van der Waals surface area contributed by atoms with Crippen LogP contribution in [0.25, 0.3) is 0 Å². The van der Waals surface area contributed by atoms with Crippen LogP contribution in [0.5, 0.6) is 0 Å². The summed E-state index contributed by atoms with van der Waals surface area (Å²) in [7, 11) is -4.79. The van der Waals surface area contributed by atoms with Crippen molar-refractivity contribution in [3.8, 4) is 0 Å². The van der Waals surface area contributed by atoms with Crippen LogP contribution in [0.15, 0.2) is 52.3 Å². The van der Waals surface area contributed by atoms with Crippen LogP contribution in [-0.2, 0) is 25.5 Å². The van der Waals surface area contributed by atoms with E-state index in [9.17, 15) is 21.2 Å². The molecule has 0 atom stereocenters. The maximum atomic E-state index is 14.7. The monoisotopic (exact) mass is 438 g/mol. The average Bonchev–Trinajstić information content (AvgIpc) is 3.28. The van der Waals surface area contributed by atoms with Gasteiger partial charge in [0.05, 0.1) is 15.5 Å². The van der Waals surface area contributed by atoms with Crippen LogP contribution in [-0.4, -0.2) is 41.8 Å². The topological polar surface area (TPSA) is 74.8 Å². The number of nitrogens with zero attached hydrogens (tertiary/aromatic N) is 2. The second-order valence-corrected chi connectivity index (χ2v) is 11.9. The molecule has 29 heavy (non-hydrogen) atoms. The smallest absolute Gasteiger partial charge is 0.264 e. The molecule has 0 N–H and O–H groups in total. The molecular weight excluding hydrogens is 415 g/mol. The summed E-state index contributed by atoms with van der Waals surface area (Å²) in [4.78, 5) is 0.00189. The van der Waals surface area contributed by atoms with Gasteiger partial charge in [-0.2, -0.15) is 0 Å². The van der Waals surface area contributed by atoms with Crippen molar-refractivity contribution in [1.82, 2.24) is 4.31 Å². The molecule has 0 amide bonds. The Morgan fingerprint density at radius 1 is 0.931 bits per heavy atom. The lowest BCUT2D eigenvalue weighted by molar-refractivity contribution is 0.451. The normalized spacial score (nSPS) is 18.6. The highest BCUT2D eigenvalue weighted by molar-refractivity contribution is 7.93. The summed E-state index contributed by atoms with van der Waals surface area (Å²) in [5, 5.41) is 0. The van der Waals surface area contributed by atoms with Gasteiger partial charge in [0.25, 0.3) is 10.0 Å². The zero-order chi connectivity index (χ0) is 21.0. The van der Waals surface area contributed by atoms with Gasteiger partial charge in [-0.25, -0.2) is 25.5 Å². The second kappa shape index (κ2) is 6.78. The molecule has 9 heteroatoms. The maximum absolute atomic E-state index is 14.7. The molecular formula is C20H23FN2O4S2. The largest absolute Gasteiger partial charge is 0.265 e. The van der Waals surface area contributed by atoms with Gasteiger partial charge in [-0.1, -0.05) is 18.9 Å². The number of fused-ring (bicyclic) bond motifs is 2. The number of hydrogen-bond acceptors (Lipinski definition) is 4. The number of benzene rings is 2. The zero-order valence-electron chi connectivity index (χ0n) is 16.3. The summed E-state index contributed by atoms with van der Waals surface area (Å²) in [6.07, 6.45) is 3.40. The van der Waals surface area contributed by atoms with Gasteiger partial charge in [0.15, 0.2) is 0 Å². The Kier molecular flexibility index (Phi) is 4.75. The fourth-order valence-electron chi connectivity index (χ4n) is 4.48. The van der Waals surface area contributed by atoms with E-state index in [1.807, 2.05) is 0 Å². The first-order valence-corrected chi connectivity index (χ1v) is 12.3. The Hall–Kier alpha value is -1.97. The molecule has 2 aliphatic rings. The van der Waals surface area contributed by atoms with Crippen molar-refractivity contribution in [2.45, 2.75) is 40.9 Å². The van der Waals surface area contributed by atoms with Crippen LogP contribution in [0, 0.1) is 5.82 Å². The first-order valence-electron chi connectivity index (χ1n) is 9.44. The van der Waals surface area contributed by atoms with Crippen molar-refractivity contribution >= 4 is 25.7 Å². The summed E-state index contributed by atoms with van der Waals surface area (Å²) < 4.78 is 68.3. The summed E-state index contributed by atoms with van der Waals surface area (Å²) >= 11 is 0. The second-order valence-electron chi connectivity index (χ2n) is 7.89. The molecule has 0 saturated heterocycles. The Morgan fingerprint density at radius 2 is 1.52 bits per heavy atom. The number of halogens is 1. The lowest BCUT2D eigenvalue weighted by atomic mass is 9.80. The van der Waals surface area contributed by atoms with Gasteiger partial charge in [-0.3, -0.25) is 4.31 Å². The minimum atomic E-state index is -3.96. The molecule has 0 aromatic heterocycles. The van der Waals surface area contributed by atoms with Gasteiger partial charge in [-0.05, 0) is 49.2 Å². The minimum Gasteiger partial charge on any atom is -0.265 e. The van der Waals surface area contributed by atoms with Gasteiger partial charge in [0.1, 0.15) is 5.82 Å². The third-order valence-electron chi connectivity index (χ3n) is 5.99. The highest BCUT2D eigenvalue weighted by Gasteiger charge is 2.49. The van der Waals surface area contributed by atoms with Crippen molar-refractivity contribution in [3.63, 3.8) is 0 Å². The summed E-state index contributed by atoms with van der Waals surface area (Å²) in [6, 6.07) is 9.72. The molecule has 1 fully saturated rings. The Morgan fingerprint density at radius 3 is 2.10 bits per heavy atom. The third-order valence-corrected chi connectivity index (χ3v) is 9.59. The Bertz CT molecular complexity index is 1150. The first kappa shape index (κ1) is 20.3. The Labute approximate surface area is 171 Å². The highest BCUT2D eigenvalue weighted by atomic mass is 32.2. The molecule has 4 rings (SSSR count). The first-order chi connectivity index (χ1) is 13.6. The SMILES string of the molecule is CN(C)S(=O)(=O)c1ccc(S(=O)(=O)N2CC3(CCCC3)c3c(F)cccc32)cc1. The van der Waals surface area contributed by atoms with Gasteiger partial charge >= 0.3 is 0 Å². The quantitative estimate of drug-likeness (QED) is 0.735. The van der Waals surface area contributed by atoms with Gasteiger partial charge < -0.3 is 0 Å². The van der Waals surface area contributed by atoms with Crippen LogP contribution < -0.4 is 4.31 Å². The predicted molar refractivity (Wildman–Crippen MR) is 108 cm³/mol. The molecule has 1 spiro atoms. The molecule has 1 aliphatic carbocycles. The predicted octanol–water partition coefficient (Wildman–Crippen LogP) is 3.10. The number of anilines is 1. The van der Waals surface area contributed by atoms with Crippen LogP contribution >= 0.6 is 0 Å². The van der Waals surface area contributed by atoms with Crippen LogP contribution in [0.4, 0.5) is 10.1 Å². The van der Waals surface area contributed by atoms with E-state index in [4.69, 9.17) is 0 Å². The lowest BCUT2D eigenvalue weighted by Crippen LogP contribution is -2.35. The van der Waals surface area contributed by atoms with E-state index < -0.39 is 25.5 Å². The third kappa shape index (κ3) is 3.06. The van der Waals surface area contributed by atoms with E-state index in [-0.39, 0.29) is 22.2 Å². The number of sulfonamides is 2. The van der Waals surface area contributed by atoms with Gasteiger partial charge in [0, 0.05) is 31.6 Å². The van der Waals surface area contributed by atoms with Crippen molar-refractivity contribution in [2.75, 3.05) is 24.9 Å². The zero-order valence-corrected chi connectivity index (χ0v) is 17.9. The standard InChI is InChI=1S/C20H23FN2O4S2/c1-22(2)28(24,25)15-8-10-16(11-9-15)29(26,27)23-14-20(12-3-4-13-20)19-17(21)6-5-7-18(19)23/h5-11H,3-4,12-14H2,1-2H3. The molecule has 1 heterocycles. The van der Waals surface area contributed by atoms with E-state index >= 15 is 0 Å². The minimum absolute atomic E-state index is 0.0135.